The summed E-state index contributed by atoms with van der Waals surface area (Å²) in [6, 6.07) is 4.45. The maximum Gasteiger partial charge on any atom is 0.224 e. The lowest BCUT2D eigenvalue weighted by atomic mass is 10.0. The number of nitrogens with one attached hydrogen (secondary N) is 1. The average molecular weight is 280 g/mol. The summed E-state index contributed by atoms with van der Waals surface area (Å²) in [4.78, 5) is 13.8. The van der Waals surface area contributed by atoms with Gasteiger partial charge in [0.05, 0.1) is 19.6 Å². The molecule has 2 heterocycles. The maximum atomic E-state index is 11.9. The van der Waals surface area contributed by atoms with Gasteiger partial charge >= 0.3 is 0 Å². The number of piperidine rings is 1. The van der Waals surface area contributed by atoms with Crippen molar-refractivity contribution in [1.29, 1.82) is 0 Å². The molecule has 0 spiro atoms. The summed E-state index contributed by atoms with van der Waals surface area (Å²) in [6.07, 6.45) is 2.48. The predicted octanol–water partition coefficient (Wildman–Crippen LogP) is 1.71. The third-order valence-electron chi connectivity index (χ3n) is 3.73. The molecule has 5 nitrogen and oxygen atoms in total. The Hall–Kier alpha value is -1.33. The van der Waals surface area contributed by atoms with Crippen molar-refractivity contribution in [3.05, 3.63) is 23.7 Å². The van der Waals surface area contributed by atoms with Gasteiger partial charge in [0.1, 0.15) is 11.5 Å². The van der Waals surface area contributed by atoms with Crippen LogP contribution in [0.4, 0.5) is 0 Å². The van der Waals surface area contributed by atoms with Gasteiger partial charge in [-0.15, -0.1) is 0 Å². The van der Waals surface area contributed by atoms with Crippen molar-refractivity contribution in [2.75, 3.05) is 26.8 Å². The number of furan rings is 1. The lowest BCUT2D eigenvalue weighted by Gasteiger charge is -2.32. The fourth-order valence-corrected chi connectivity index (χ4v) is 2.51. The molecule has 0 atom stereocenters. The molecule has 1 amide bonds. The Kier molecular flexibility index (Phi) is 5.61. The number of hydrogen-bond donors (Lipinski definition) is 1. The normalized spacial score (nSPS) is 16.6. The van der Waals surface area contributed by atoms with Crippen LogP contribution in [-0.4, -0.2) is 43.7 Å². The second-order valence-corrected chi connectivity index (χ2v) is 5.29. The van der Waals surface area contributed by atoms with E-state index in [0.717, 1.165) is 44.0 Å². The van der Waals surface area contributed by atoms with Gasteiger partial charge in [0.15, 0.2) is 0 Å². The number of ether oxygens (including phenoxy) is 1. The number of amides is 1. The lowest BCUT2D eigenvalue weighted by molar-refractivity contribution is -0.133. The third-order valence-corrected chi connectivity index (χ3v) is 3.73. The van der Waals surface area contributed by atoms with Crippen LogP contribution < -0.4 is 5.32 Å². The maximum absolute atomic E-state index is 11.9. The molecule has 20 heavy (non-hydrogen) atoms. The van der Waals surface area contributed by atoms with Crippen molar-refractivity contribution < 1.29 is 13.9 Å². The fourth-order valence-electron chi connectivity index (χ4n) is 2.51. The van der Waals surface area contributed by atoms with Crippen LogP contribution >= 0.6 is 0 Å². The molecule has 5 heteroatoms. The predicted molar refractivity (Wildman–Crippen MR) is 76.4 cm³/mol. The average Bonchev–Trinajstić information content (AvgIpc) is 2.89. The summed E-state index contributed by atoms with van der Waals surface area (Å²) in [5.74, 6) is 2.12. The van der Waals surface area contributed by atoms with Crippen molar-refractivity contribution in [2.24, 2.45) is 0 Å². The van der Waals surface area contributed by atoms with Gasteiger partial charge in [-0.2, -0.15) is 0 Å². The number of carbonyl (C=O) groups is 1. The molecule has 2 rings (SSSR count). The summed E-state index contributed by atoms with van der Waals surface area (Å²) in [7, 11) is 1.62. The SMILES string of the molecule is COCCC(=O)N1CCC(NCc2ccc(C)o2)CC1. The van der Waals surface area contributed by atoms with Gasteiger partial charge in [-0.1, -0.05) is 0 Å². The first kappa shape index (κ1) is 15.1. The number of hydrogen-bond acceptors (Lipinski definition) is 4. The minimum absolute atomic E-state index is 0.201. The van der Waals surface area contributed by atoms with Gasteiger partial charge < -0.3 is 19.4 Å². The molecule has 1 aromatic rings. The number of nitrogens with zero attached hydrogens (tertiary/aromatic N) is 1. The molecule has 1 fully saturated rings. The highest BCUT2D eigenvalue weighted by Gasteiger charge is 2.22. The van der Waals surface area contributed by atoms with Crippen LogP contribution in [0.3, 0.4) is 0 Å². The Labute approximate surface area is 120 Å². The topological polar surface area (TPSA) is 54.7 Å². The fraction of sp³-hybridized carbons (Fsp3) is 0.667. The summed E-state index contributed by atoms with van der Waals surface area (Å²) in [6.45, 7) is 4.88. The number of likely N-dealkylation sites (tertiary alicyclic amines) is 1. The molecule has 112 valence electrons. The molecule has 1 N–H and O–H groups in total. The standard InChI is InChI=1S/C15H24N2O3/c1-12-3-4-14(20-12)11-16-13-5-8-17(9-6-13)15(18)7-10-19-2/h3-4,13,16H,5-11H2,1-2H3. The molecule has 1 aromatic heterocycles. The zero-order valence-corrected chi connectivity index (χ0v) is 12.4. The van der Waals surface area contributed by atoms with Crippen LogP contribution in [0.2, 0.25) is 0 Å². The van der Waals surface area contributed by atoms with Gasteiger partial charge in [-0.05, 0) is 31.9 Å². The Morgan fingerprint density at radius 1 is 1.45 bits per heavy atom. The van der Waals surface area contributed by atoms with Crippen LogP contribution in [0.15, 0.2) is 16.5 Å². The van der Waals surface area contributed by atoms with Crippen molar-refractivity contribution in [3.63, 3.8) is 0 Å². The third kappa shape index (κ3) is 4.35. The summed E-state index contributed by atoms with van der Waals surface area (Å²) < 4.78 is 10.5. The Bertz CT molecular complexity index is 423. The van der Waals surface area contributed by atoms with E-state index in [0.29, 0.717) is 19.1 Å². The summed E-state index contributed by atoms with van der Waals surface area (Å²) in [5.41, 5.74) is 0. The number of aryl methyl sites for hydroxylation is 1. The van der Waals surface area contributed by atoms with Crippen LogP contribution in [-0.2, 0) is 16.1 Å². The smallest absolute Gasteiger partial charge is 0.224 e. The van der Waals surface area contributed by atoms with Gasteiger partial charge in [-0.3, -0.25) is 4.79 Å². The summed E-state index contributed by atoms with van der Waals surface area (Å²) >= 11 is 0. The van der Waals surface area contributed by atoms with Crippen LogP contribution in [0, 0.1) is 6.92 Å². The van der Waals surface area contributed by atoms with E-state index in [1.54, 1.807) is 7.11 Å². The Balaban J connectivity index is 1.67. The molecule has 0 unspecified atom stereocenters. The van der Waals surface area contributed by atoms with Crippen molar-refractivity contribution in [2.45, 2.75) is 38.8 Å². The molecule has 0 saturated carbocycles. The lowest BCUT2D eigenvalue weighted by Crippen LogP contribution is -2.44. The first-order chi connectivity index (χ1) is 9.69. The highest BCUT2D eigenvalue weighted by Crippen LogP contribution is 2.13. The van der Waals surface area contributed by atoms with Crippen molar-refractivity contribution in [1.82, 2.24) is 10.2 Å². The van der Waals surface area contributed by atoms with E-state index in [4.69, 9.17) is 9.15 Å². The highest BCUT2D eigenvalue weighted by molar-refractivity contribution is 5.76. The molecule has 0 bridgehead atoms. The first-order valence-electron chi connectivity index (χ1n) is 7.24. The van der Waals surface area contributed by atoms with E-state index in [1.165, 1.54) is 0 Å². The van der Waals surface area contributed by atoms with E-state index in [1.807, 2.05) is 24.0 Å². The van der Waals surface area contributed by atoms with E-state index >= 15 is 0 Å². The number of methoxy groups -OCH3 is 1. The zero-order chi connectivity index (χ0) is 14.4. The molecule has 1 aliphatic rings. The largest absolute Gasteiger partial charge is 0.465 e. The molecular weight excluding hydrogens is 256 g/mol. The molecule has 1 saturated heterocycles. The van der Waals surface area contributed by atoms with E-state index < -0.39 is 0 Å². The van der Waals surface area contributed by atoms with Gasteiger partial charge in [-0.25, -0.2) is 0 Å². The number of rotatable bonds is 6. The molecule has 0 aromatic carbocycles. The molecule has 0 aliphatic carbocycles. The zero-order valence-electron chi connectivity index (χ0n) is 12.4. The van der Waals surface area contributed by atoms with Crippen LogP contribution in [0.25, 0.3) is 0 Å². The monoisotopic (exact) mass is 280 g/mol. The van der Waals surface area contributed by atoms with Crippen LogP contribution in [0.1, 0.15) is 30.8 Å². The molecular formula is C15H24N2O3. The minimum Gasteiger partial charge on any atom is -0.465 e. The number of carbonyl (C=O) groups excluding carboxylic acids is 1. The molecule has 0 radical (unpaired) electrons. The Morgan fingerprint density at radius 2 is 2.20 bits per heavy atom. The minimum atomic E-state index is 0.201. The van der Waals surface area contributed by atoms with Crippen molar-refractivity contribution >= 4 is 5.91 Å². The first-order valence-corrected chi connectivity index (χ1v) is 7.24. The van der Waals surface area contributed by atoms with E-state index in [2.05, 4.69) is 5.32 Å². The molecule has 1 aliphatic heterocycles. The van der Waals surface area contributed by atoms with Crippen molar-refractivity contribution in [3.8, 4) is 0 Å². The van der Waals surface area contributed by atoms with Gasteiger partial charge in [0.2, 0.25) is 5.91 Å². The summed E-state index contributed by atoms with van der Waals surface area (Å²) in [5, 5.41) is 3.50. The van der Waals surface area contributed by atoms with E-state index in [9.17, 15) is 4.79 Å². The second-order valence-electron chi connectivity index (χ2n) is 5.29. The second kappa shape index (κ2) is 7.45. The quantitative estimate of drug-likeness (QED) is 0.862. The van der Waals surface area contributed by atoms with E-state index in [-0.39, 0.29) is 5.91 Å². The van der Waals surface area contributed by atoms with Gasteiger partial charge in [0.25, 0.3) is 0 Å². The Morgan fingerprint density at radius 3 is 2.80 bits per heavy atom. The van der Waals surface area contributed by atoms with Crippen LogP contribution in [0.5, 0.6) is 0 Å². The van der Waals surface area contributed by atoms with Gasteiger partial charge in [0, 0.05) is 26.2 Å². The highest BCUT2D eigenvalue weighted by atomic mass is 16.5.